The number of nitrogens with one attached hydrogen (secondary N) is 2. The van der Waals surface area contributed by atoms with E-state index in [0.29, 0.717) is 12.0 Å². The smallest absolute Gasteiger partial charge is 0.266 e. The van der Waals surface area contributed by atoms with Crippen LogP contribution in [0.2, 0.25) is 0 Å². The predicted octanol–water partition coefficient (Wildman–Crippen LogP) is 1.62. The van der Waals surface area contributed by atoms with Crippen molar-refractivity contribution in [3.05, 3.63) is 22.6 Å². The average Bonchev–Trinajstić information content (AvgIpc) is 2.16. The second-order valence-corrected chi connectivity index (χ2v) is 3.65. The molecule has 0 aliphatic carbocycles. The van der Waals surface area contributed by atoms with Gasteiger partial charge < -0.3 is 5.32 Å². The van der Waals surface area contributed by atoms with Crippen molar-refractivity contribution in [3.63, 3.8) is 0 Å². The number of aromatic amines is 1. The van der Waals surface area contributed by atoms with Crippen molar-refractivity contribution in [2.45, 2.75) is 33.2 Å². The molecule has 0 fully saturated rings. The van der Waals surface area contributed by atoms with Crippen molar-refractivity contribution in [2.75, 3.05) is 5.32 Å². The number of nitrogens with zero attached hydrogens (tertiary/aromatic N) is 1. The lowest BCUT2D eigenvalue weighted by Gasteiger charge is -2.20. The SMILES string of the molecule is CCC(C)C(C)Nc1cn[nH]c(=O)c1. The molecule has 2 N–H and O–H groups in total. The topological polar surface area (TPSA) is 57.8 Å². The minimum Gasteiger partial charge on any atom is -0.381 e. The van der Waals surface area contributed by atoms with Gasteiger partial charge in [-0.1, -0.05) is 20.3 Å². The van der Waals surface area contributed by atoms with E-state index in [1.54, 1.807) is 6.20 Å². The molecule has 1 rings (SSSR count). The maximum atomic E-state index is 11.0. The molecule has 1 heterocycles. The van der Waals surface area contributed by atoms with Gasteiger partial charge in [-0.25, -0.2) is 5.10 Å². The van der Waals surface area contributed by atoms with Crippen LogP contribution in [0.25, 0.3) is 0 Å². The molecule has 1 aromatic heterocycles. The van der Waals surface area contributed by atoms with Gasteiger partial charge in [-0.2, -0.15) is 5.10 Å². The molecular formula is C10H17N3O. The van der Waals surface area contributed by atoms with Crippen LogP contribution in [-0.4, -0.2) is 16.2 Å². The first-order chi connectivity index (χ1) is 6.63. The van der Waals surface area contributed by atoms with Crippen LogP contribution in [0.5, 0.6) is 0 Å². The molecule has 0 spiro atoms. The molecule has 2 unspecified atom stereocenters. The van der Waals surface area contributed by atoms with E-state index < -0.39 is 0 Å². The molecule has 0 bridgehead atoms. The number of hydrogen-bond donors (Lipinski definition) is 2. The van der Waals surface area contributed by atoms with Crippen LogP contribution in [0.15, 0.2) is 17.1 Å². The van der Waals surface area contributed by atoms with Crippen molar-refractivity contribution >= 4 is 5.69 Å². The number of rotatable bonds is 4. The summed E-state index contributed by atoms with van der Waals surface area (Å²) < 4.78 is 0. The number of hydrogen-bond acceptors (Lipinski definition) is 3. The average molecular weight is 195 g/mol. The fourth-order valence-corrected chi connectivity index (χ4v) is 1.21. The lowest BCUT2D eigenvalue weighted by molar-refractivity contribution is 0.494. The standard InChI is InChI=1S/C10H17N3O/c1-4-7(2)8(3)12-9-5-10(14)13-11-6-9/h5-8H,4H2,1-3H3,(H2,12,13,14). The Kier molecular flexibility index (Phi) is 3.68. The Morgan fingerprint density at radius 2 is 2.29 bits per heavy atom. The number of anilines is 1. The van der Waals surface area contributed by atoms with Crippen LogP contribution < -0.4 is 10.9 Å². The van der Waals surface area contributed by atoms with Crippen molar-refractivity contribution in [3.8, 4) is 0 Å². The highest BCUT2D eigenvalue weighted by molar-refractivity contribution is 5.39. The number of H-pyrrole nitrogens is 1. The van der Waals surface area contributed by atoms with E-state index in [0.717, 1.165) is 12.1 Å². The second kappa shape index (κ2) is 4.79. The zero-order valence-corrected chi connectivity index (χ0v) is 8.87. The maximum Gasteiger partial charge on any atom is 0.266 e. The molecule has 14 heavy (non-hydrogen) atoms. The van der Waals surface area contributed by atoms with Crippen molar-refractivity contribution in [2.24, 2.45) is 5.92 Å². The number of aromatic nitrogens is 2. The quantitative estimate of drug-likeness (QED) is 0.767. The Morgan fingerprint density at radius 3 is 2.86 bits per heavy atom. The highest BCUT2D eigenvalue weighted by Crippen LogP contribution is 2.12. The highest BCUT2D eigenvalue weighted by Gasteiger charge is 2.09. The van der Waals surface area contributed by atoms with Crippen molar-refractivity contribution in [1.82, 2.24) is 10.2 Å². The van der Waals surface area contributed by atoms with Crippen LogP contribution in [0.1, 0.15) is 27.2 Å². The van der Waals surface area contributed by atoms with Crippen molar-refractivity contribution < 1.29 is 0 Å². The summed E-state index contributed by atoms with van der Waals surface area (Å²) in [4.78, 5) is 11.0. The summed E-state index contributed by atoms with van der Waals surface area (Å²) >= 11 is 0. The van der Waals surface area contributed by atoms with Gasteiger partial charge in [0.15, 0.2) is 0 Å². The molecule has 0 aliphatic heterocycles. The molecule has 0 aromatic carbocycles. The predicted molar refractivity (Wildman–Crippen MR) is 57.4 cm³/mol. The fourth-order valence-electron chi connectivity index (χ4n) is 1.21. The van der Waals surface area contributed by atoms with E-state index in [9.17, 15) is 4.79 Å². The monoisotopic (exact) mass is 195 g/mol. The van der Waals surface area contributed by atoms with Crippen molar-refractivity contribution in [1.29, 1.82) is 0 Å². The molecule has 0 saturated carbocycles. The summed E-state index contributed by atoms with van der Waals surface area (Å²) in [6, 6.07) is 1.87. The van der Waals surface area contributed by atoms with Gasteiger partial charge in [0.1, 0.15) is 0 Å². The molecule has 4 heteroatoms. The normalized spacial score (nSPS) is 14.8. The first kappa shape index (κ1) is 10.8. The molecule has 0 saturated heterocycles. The summed E-state index contributed by atoms with van der Waals surface area (Å²) in [6.07, 6.45) is 2.74. The summed E-state index contributed by atoms with van der Waals surface area (Å²) in [6.45, 7) is 6.44. The molecule has 0 amide bonds. The van der Waals surface area contributed by atoms with Gasteiger partial charge in [0.25, 0.3) is 5.56 Å². The van der Waals surface area contributed by atoms with E-state index in [1.165, 1.54) is 6.07 Å². The third-order valence-electron chi connectivity index (χ3n) is 2.56. The zero-order chi connectivity index (χ0) is 10.6. The van der Waals surface area contributed by atoms with Gasteiger partial charge in [-0.05, 0) is 12.8 Å². The van der Waals surface area contributed by atoms with Crippen LogP contribution in [-0.2, 0) is 0 Å². The van der Waals surface area contributed by atoms with Gasteiger partial charge >= 0.3 is 0 Å². The minimum absolute atomic E-state index is 0.175. The Balaban J connectivity index is 2.64. The fraction of sp³-hybridized carbons (Fsp3) is 0.600. The molecule has 4 nitrogen and oxygen atoms in total. The first-order valence-corrected chi connectivity index (χ1v) is 4.94. The van der Waals surface area contributed by atoms with Gasteiger partial charge in [0.05, 0.1) is 11.9 Å². The molecule has 1 aromatic rings. The summed E-state index contributed by atoms with van der Waals surface area (Å²) in [5.74, 6) is 0.578. The molecule has 0 radical (unpaired) electrons. The summed E-state index contributed by atoms with van der Waals surface area (Å²) in [7, 11) is 0. The van der Waals surface area contributed by atoms with Gasteiger partial charge in [-0.15, -0.1) is 0 Å². The van der Waals surface area contributed by atoms with E-state index in [-0.39, 0.29) is 5.56 Å². The summed E-state index contributed by atoms with van der Waals surface area (Å²) in [5.41, 5.74) is 0.605. The Morgan fingerprint density at radius 1 is 1.57 bits per heavy atom. The van der Waals surface area contributed by atoms with Crippen LogP contribution >= 0.6 is 0 Å². The lowest BCUT2D eigenvalue weighted by atomic mass is 10.0. The van der Waals surface area contributed by atoms with Crippen LogP contribution in [0, 0.1) is 5.92 Å². The zero-order valence-electron chi connectivity index (χ0n) is 8.87. The third-order valence-corrected chi connectivity index (χ3v) is 2.56. The van der Waals surface area contributed by atoms with Gasteiger partial charge in [-0.3, -0.25) is 4.79 Å². The highest BCUT2D eigenvalue weighted by atomic mass is 16.1. The largest absolute Gasteiger partial charge is 0.381 e. The van der Waals surface area contributed by atoms with Crippen LogP contribution in [0.3, 0.4) is 0 Å². The molecule has 78 valence electrons. The Bertz CT molecular complexity index is 334. The molecule has 2 atom stereocenters. The molecule has 0 aliphatic rings. The lowest BCUT2D eigenvalue weighted by Crippen LogP contribution is -2.24. The summed E-state index contributed by atoms with van der Waals surface area (Å²) in [5, 5.41) is 9.32. The van der Waals surface area contributed by atoms with Crippen LogP contribution in [0.4, 0.5) is 5.69 Å². The Hall–Kier alpha value is -1.32. The Labute approximate surface area is 83.7 Å². The molecular weight excluding hydrogens is 178 g/mol. The van der Waals surface area contributed by atoms with Gasteiger partial charge in [0, 0.05) is 12.1 Å². The van der Waals surface area contributed by atoms with E-state index in [1.807, 2.05) is 0 Å². The van der Waals surface area contributed by atoms with E-state index in [4.69, 9.17) is 0 Å². The van der Waals surface area contributed by atoms with E-state index in [2.05, 4.69) is 36.3 Å². The third kappa shape index (κ3) is 2.87. The van der Waals surface area contributed by atoms with E-state index >= 15 is 0 Å². The first-order valence-electron chi connectivity index (χ1n) is 4.94. The maximum absolute atomic E-state index is 11.0. The van der Waals surface area contributed by atoms with Gasteiger partial charge in [0.2, 0.25) is 0 Å². The second-order valence-electron chi connectivity index (χ2n) is 3.65. The minimum atomic E-state index is -0.175.